The van der Waals surface area contributed by atoms with E-state index in [0.29, 0.717) is 11.3 Å². The number of imidazole rings is 1. The third-order valence-corrected chi connectivity index (χ3v) is 3.19. The first-order valence-corrected chi connectivity index (χ1v) is 6.08. The predicted molar refractivity (Wildman–Crippen MR) is 74.0 cm³/mol. The lowest BCUT2D eigenvalue weighted by atomic mass is 10.2. The van der Waals surface area contributed by atoms with E-state index >= 15 is 0 Å². The molecule has 3 rings (SSSR count). The van der Waals surface area contributed by atoms with Crippen molar-refractivity contribution >= 4 is 11.5 Å². The average molecular weight is 268 g/mol. The van der Waals surface area contributed by atoms with Crippen molar-refractivity contribution in [3.63, 3.8) is 0 Å². The van der Waals surface area contributed by atoms with Crippen LogP contribution in [0.3, 0.4) is 0 Å². The Morgan fingerprint density at radius 3 is 2.55 bits per heavy atom. The standard InChI is InChI=1S/C15H12N2O3/c1-9-3-2-8-17-13(9)12(15(19)20)16-14(17)10-4-6-11(18)7-5-10/h2-8,18H,1H3,(H,19,20). The summed E-state index contributed by atoms with van der Waals surface area (Å²) in [6, 6.07) is 10.2. The van der Waals surface area contributed by atoms with Crippen molar-refractivity contribution < 1.29 is 15.0 Å². The fourth-order valence-corrected chi connectivity index (χ4v) is 2.27. The molecule has 0 aliphatic carbocycles. The van der Waals surface area contributed by atoms with Crippen LogP contribution in [-0.4, -0.2) is 25.6 Å². The highest BCUT2D eigenvalue weighted by atomic mass is 16.4. The van der Waals surface area contributed by atoms with Gasteiger partial charge in [0.15, 0.2) is 5.69 Å². The van der Waals surface area contributed by atoms with Gasteiger partial charge in [-0.2, -0.15) is 0 Å². The van der Waals surface area contributed by atoms with Crippen molar-refractivity contribution in [3.05, 3.63) is 53.9 Å². The number of phenolic OH excluding ortho intramolecular Hbond substituents is 1. The Kier molecular flexibility index (Phi) is 2.68. The van der Waals surface area contributed by atoms with Crippen molar-refractivity contribution in [2.24, 2.45) is 0 Å². The lowest BCUT2D eigenvalue weighted by molar-refractivity contribution is 0.0693. The summed E-state index contributed by atoms with van der Waals surface area (Å²) in [6.07, 6.45) is 1.78. The van der Waals surface area contributed by atoms with Crippen molar-refractivity contribution in [1.29, 1.82) is 0 Å². The third kappa shape index (κ3) is 1.80. The maximum atomic E-state index is 11.4. The van der Waals surface area contributed by atoms with Crippen LogP contribution in [0.4, 0.5) is 0 Å². The van der Waals surface area contributed by atoms with Gasteiger partial charge in [0.05, 0.1) is 5.52 Å². The number of aromatic hydroxyl groups is 1. The van der Waals surface area contributed by atoms with Crippen LogP contribution in [0.15, 0.2) is 42.6 Å². The first-order valence-electron chi connectivity index (χ1n) is 6.08. The lowest BCUT2D eigenvalue weighted by Gasteiger charge is -2.03. The Morgan fingerprint density at radius 2 is 1.90 bits per heavy atom. The Bertz CT molecular complexity index is 804. The van der Waals surface area contributed by atoms with Gasteiger partial charge in [0, 0.05) is 11.8 Å². The fraction of sp³-hybridized carbons (Fsp3) is 0.0667. The maximum absolute atomic E-state index is 11.4. The molecule has 0 saturated carbocycles. The summed E-state index contributed by atoms with van der Waals surface area (Å²) in [5.74, 6) is -0.354. The maximum Gasteiger partial charge on any atom is 0.356 e. The monoisotopic (exact) mass is 268 g/mol. The summed E-state index contributed by atoms with van der Waals surface area (Å²) in [5.41, 5.74) is 2.22. The molecule has 100 valence electrons. The summed E-state index contributed by atoms with van der Waals surface area (Å²) in [4.78, 5) is 15.6. The molecule has 0 atom stereocenters. The normalized spacial score (nSPS) is 10.8. The minimum absolute atomic E-state index is 0.0335. The van der Waals surface area contributed by atoms with Gasteiger partial charge in [0.1, 0.15) is 11.6 Å². The van der Waals surface area contributed by atoms with Gasteiger partial charge in [-0.25, -0.2) is 9.78 Å². The summed E-state index contributed by atoms with van der Waals surface area (Å²) < 4.78 is 1.76. The van der Waals surface area contributed by atoms with Crippen molar-refractivity contribution in [1.82, 2.24) is 9.38 Å². The van der Waals surface area contributed by atoms with Gasteiger partial charge in [-0.1, -0.05) is 6.07 Å². The zero-order valence-corrected chi connectivity index (χ0v) is 10.7. The second-order valence-electron chi connectivity index (χ2n) is 4.55. The Balaban J connectivity index is 2.34. The van der Waals surface area contributed by atoms with Crippen LogP contribution >= 0.6 is 0 Å². The van der Waals surface area contributed by atoms with Gasteiger partial charge in [0.2, 0.25) is 0 Å². The van der Waals surface area contributed by atoms with E-state index < -0.39 is 5.97 Å². The SMILES string of the molecule is Cc1cccn2c(-c3ccc(O)cc3)nc(C(=O)O)c12. The van der Waals surface area contributed by atoms with Crippen LogP contribution in [0.25, 0.3) is 16.9 Å². The van der Waals surface area contributed by atoms with Gasteiger partial charge >= 0.3 is 5.97 Å². The Morgan fingerprint density at radius 1 is 1.20 bits per heavy atom. The molecule has 0 bridgehead atoms. The van der Waals surface area contributed by atoms with Gasteiger partial charge in [-0.3, -0.25) is 4.40 Å². The molecular formula is C15H12N2O3. The highest BCUT2D eigenvalue weighted by Gasteiger charge is 2.18. The van der Waals surface area contributed by atoms with E-state index in [1.807, 2.05) is 19.1 Å². The lowest BCUT2D eigenvalue weighted by Crippen LogP contribution is -1.98. The van der Waals surface area contributed by atoms with E-state index in [2.05, 4.69) is 4.98 Å². The molecule has 5 heteroatoms. The second-order valence-corrected chi connectivity index (χ2v) is 4.55. The van der Waals surface area contributed by atoms with Crippen molar-refractivity contribution in [3.8, 4) is 17.1 Å². The number of hydrogen-bond acceptors (Lipinski definition) is 3. The number of aryl methyl sites for hydroxylation is 1. The molecule has 5 nitrogen and oxygen atoms in total. The van der Waals surface area contributed by atoms with E-state index in [1.54, 1.807) is 34.9 Å². The second kappa shape index (κ2) is 4.38. The molecule has 2 heterocycles. The predicted octanol–water partition coefficient (Wildman–Crippen LogP) is 2.71. The van der Waals surface area contributed by atoms with Crippen LogP contribution in [-0.2, 0) is 0 Å². The van der Waals surface area contributed by atoms with Crippen molar-refractivity contribution in [2.45, 2.75) is 6.92 Å². The molecule has 0 fully saturated rings. The minimum atomic E-state index is -1.05. The number of rotatable bonds is 2. The number of hydrogen-bond donors (Lipinski definition) is 2. The first kappa shape index (κ1) is 12.2. The van der Waals surface area contributed by atoms with E-state index in [9.17, 15) is 15.0 Å². The number of pyridine rings is 1. The highest BCUT2D eigenvalue weighted by Crippen LogP contribution is 2.26. The van der Waals surface area contributed by atoms with Crippen LogP contribution in [0.2, 0.25) is 0 Å². The Hall–Kier alpha value is -2.82. The third-order valence-electron chi connectivity index (χ3n) is 3.19. The van der Waals surface area contributed by atoms with Gasteiger partial charge < -0.3 is 10.2 Å². The van der Waals surface area contributed by atoms with Gasteiger partial charge in [-0.05, 0) is 42.8 Å². The molecule has 0 radical (unpaired) electrons. The molecule has 2 aromatic heterocycles. The van der Waals surface area contributed by atoms with Gasteiger partial charge in [-0.15, -0.1) is 0 Å². The van der Waals surface area contributed by atoms with E-state index in [0.717, 1.165) is 11.1 Å². The smallest absolute Gasteiger partial charge is 0.356 e. The number of aromatic carboxylic acids is 1. The summed E-state index contributed by atoms with van der Waals surface area (Å²) in [6.45, 7) is 1.85. The number of aromatic nitrogens is 2. The molecule has 20 heavy (non-hydrogen) atoms. The zero-order chi connectivity index (χ0) is 14.3. The molecule has 0 aliphatic rings. The number of carboxylic acids is 1. The van der Waals surface area contributed by atoms with E-state index in [-0.39, 0.29) is 11.4 Å². The molecule has 1 aromatic carbocycles. The van der Waals surface area contributed by atoms with E-state index in [4.69, 9.17) is 0 Å². The van der Waals surface area contributed by atoms with Gasteiger partial charge in [0.25, 0.3) is 0 Å². The fourth-order valence-electron chi connectivity index (χ4n) is 2.27. The number of nitrogens with zero attached hydrogens (tertiary/aromatic N) is 2. The number of benzene rings is 1. The van der Waals surface area contributed by atoms with E-state index in [1.165, 1.54) is 0 Å². The molecule has 0 saturated heterocycles. The topological polar surface area (TPSA) is 74.8 Å². The summed E-state index contributed by atoms with van der Waals surface area (Å²) in [7, 11) is 0. The number of carbonyl (C=O) groups is 1. The number of phenols is 1. The number of carboxylic acid groups (broad SMARTS) is 1. The van der Waals surface area contributed by atoms with Crippen LogP contribution in [0.5, 0.6) is 5.75 Å². The molecule has 0 spiro atoms. The first-order chi connectivity index (χ1) is 9.58. The average Bonchev–Trinajstić information content (AvgIpc) is 2.81. The molecular weight excluding hydrogens is 256 g/mol. The molecule has 0 unspecified atom stereocenters. The zero-order valence-electron chi connectivity index (χ0n) is 10.7. The Labute approximate surface area is 114 Å². The molecule has 3 aromatic rings. The van der Waals surface area contributed by atoms with Crippen LogP contribution in [0, 0.1) is 6.92 Å². The molecule has 0 aliphatic heterocycles. The minimum Gasteiger partial charge on any atom is -0.508 e. The summed E-state index contributed by atoms with van der Waals surface area (Å²) >= 11 is 0. The van der Waals surface area contributed by atoms with Crippen LogP contribution in [0.1, 0.15) is 16.1 Å². The quantitative estimate of drug-likeness (QED) is 0.749. The largest absolute Gasteiger partial charge is 0.508 e. The number of fused-ring (bicyclic) bond motifs is 1. The molecule has 2 N–H and O–H groups in total. The van der Waals surface area contributed by atoms with Crippen LogP contribution < -0.4 is 0 Å². The summed E-state index contributed by atoms with van der Waals surface area (Å²) in [5, 5.41) is 18.6. The molecule has 0 amide bonds. The van der Waals surface area contributed by atoms with Crippen molar-refractivity contribution in [2.75, 3.05) is 0 Å². The highest BCUT2D eigenvalue weighted by molar-refractivity contribution is 5.96.